The summed E-state index contributed by atoms with van der Waals surface area (Å²) in [6, 6.07) is 0. The molecule has 1 aliphatic heterocycles. The van der Waals surface area contributed by atoms with Crippen LogP contribution in [0.5, 0.6) is 0 Å². The second-order valence-electron chi connectivity index (χ2n) is 4.84. The van der Waals surface area contributed by atoms with Gasteiger partial charge in [-0.25, -0.2) is 14.6 Å². The summed E-state index contributed by atoms with van der Waals surface area (Å²) in [6.45, 7) is -0.492. The highest BCUT2D eigenvalue weighted by Crippen LogP contribution is 2.32. The first-order chi connectivity index (χ1) is 10.5. The number of primary amides is 1. The third kappa shape index (κ3) is 1.99. The Morgan fingerprint density at radius 2 is 2.09 bits per heavy atom. The second-order valence-corrected chi connectivity index (χ2v) is 4.84. The standard InChI is InChI=1S/C11H14N6O5/c12-8-4-5(9(13)21)16-17(10(4)15-2-14-8)11-7(20)6(19)3(1-18)22-11/h2-3,6-7,11,18-20H,1H2,(H2,13,21)(H2,12,14,15)/t3-,6-,7-,11?/m1/s1. The molecule has 2 aromatic rings. The molecule has 3 rings (SSSR count). The maximum Gasteiger partial charge on any atom is 0.270 e. The number of hydrogen-bond donors (Lipinski definition) is 5. The molecular formula is C11H14N6O5. The molecule has 2 aromatic heterocycles. The molecule has 1 unspecified atom stereocenters. The Bertz CT molecular complexity index is 733. The van der Waals surface area contributed by atoms with Crippen molar-refractivity contribution in [3.63, 3.8) is 0 Å². The van der Waals surface area contributed by atoms with Gasteiger partial charge in [0.2, 0.25) is 0 Å². The van der Waals surface area contributed by atoms with Gasteiger partial charge in [0.15, 0.2) is 17.6 Å². The van der Waals surface area contributed by atoms with E-state index in [4.69, 9.17) is 21.3 Å². The quantitative estimate of drug-likeness (QED) is 0.397. The topological polar surface area (TPSA) is 183 Å². The first-order valence-electron chi connectivity index (χ1n) is 6.36. The predicted octanol–water partition coefficient (Wildman–Crippen LogP) is -2.88. The molecule has 0 aromatic carbocycles. The molecule has 11 nitrogen and oxygen atoms in total. The third-order valence-corrected chi connectivity index (χ3v) is 3.51. The fourth-order valence-electron chi connectivity index (χ4n) is 2.43. The Labute approximate surface area is 123 Å². The van der Waals surface area contributed by atoms with Crippen molar-refractivity contribution in [3.05, 3.63) is 12.0 Å². The first kappa shape index (κ1) is 14.6. The highest BCUT2D eigenvalue weighted by Gasteiger charge is 2.45. The van der Waals surface area contributed by atoms with E-state index < -0.39 is 37.1 Å². The number of nitrogen functional groups attached to an aromatic ring is 1. The van der Waals surface area contributed by atoms with Crippen LogP contribution in [0.2, 0.25) is 0 Å². The fraction of sp³-hybridized carbons (Fsp3) is 0.455. The molecule has 0 radical (unpaired) electrons. The zero-order valence-electron chi connectivity index (χ0n) is 11.2. The number of rotatable bonds is 3. The van der Waals surface area contributed by atoms with Crippen molar-refractivity contribution in [2.45, 2.75) is 24.5 Å². The smallest absolute Gasteiger partial charge is 0.270 e. The Morgan fingerprint density at radius 3 is 2.68 bits per heavy atom. The molecule has 7 N–H and O–H groups in total. The summed E-state index contributed by atoms with van der Waals surface area (Å²) < 4.78 is 6.45. The summed E-state index contributed by atoms with van der Waals surface area (Å²) in [5, 5.41) is 33.1. The van der Waals surface area contributed by atoms with Crippen molar-refractivity contribution >= 4 is 22.8 Å². The zero-order chi connectivity index (χ0) is 16.0. The van der Waals surface area contributed by atoms with Gasteiger partial charge in [0.25, 0.3) is 5.91 Å². The summed E-state index contributed by atoms with van der Waals surface area (Å²) in [7, 11) is 0. The number of carbonyl (C=O) groups is 1. The minimum Gasteiger partial charge on any atom is -0.394 e. The molecule has 3 heterocycles. The van der Waals surface area contributed by atoms with Crippen molar-refractivity contribution < 1.29 is 24.9 Å². The van der Waals surface area contributed by atoms with Gasteiger partial charge in [0.05, 0.1) is 12.0 Å². The number of aliphatic hydroxyl groups is 3. The summed E-state index contributed by atoms with van der Waals surface area (Å²) in [5.41, 5.74) is 10.9. The molecule has 11 heteroatoms. The Morgan fingerprint density at radius 1 is 1.36 bits per heavy atom. The van der Waals surface area contributed by atoms with Gasteiger partial charge in [-0.15, -0.1) is 0 Å². The molecule has 1 amide bonds. The number of carbonyl (C=O) groups excluding carboxylic acids is 1. The van der Waals surface area contributed by atoms with Crippen molar-refractivity contribution in [2.75, 3.05) is 12.3 Å². The predicted molar refractivity (Wildman–Crippen MR) is 71.3 cm³/mol. The first-order valence-corrected chi connectivity index (χ1v) is 6.36. The van der Waals surface area contributed by atoms with E-state index in [1.54, 1.807) is 0 Å². The van der Waals surface area contributed by atoms with Crippen LogP contribution in [0.4, 0.5) is 5.82 Å². The number of amides is 1. The van der Waals surface area contributed by atoms with Crippen LogP contribution in [-0.4, -0.2) is 65.9 Å². The minimum atomic E-state index is -1.38. The van der Waals surface area contributed by atoms with E-state index in [1.165, 1.54) is 0 Å². The average Bonchev–Trinajstić information content (AvgIpc) is 3.00. The Balaban J connectivity index is 2.16. The third-order valence-electron chi connectivity index (χ3n) is 3.51. The molecule has 4 atom stereocenters. The summed E-state index contributed by atoms with van der Waals surface area (Å²) >= 11 is 0. The Hall–Kier alpha value is -2.34. The van der Waals surface area contributed by atoms with Gasteiger partial charge in [0.1, 0.15) is 30.5 Å². The minimum absolute atomic E-state index is 0.00297. The molecule has 0 bridgehead atoms. The zero-order valence-corrected chi connectivity index (χ0v) is 11.2. The van der Waals surface area contributed by atoms with Gasteiger partial charge in [-0.3, -0.25) is 4.79 Å². The summed E-state index contributed by atoms with van der Waals surface area (Å²) in [5.74, 6) is -0.853. The molecule has 118 valence electrons. The van der Waals surface area contributed by atoms with Crippen LogP contribution in [0.15, 0.2) is 6.33 Å². The van der Waals surface area contributed by atoms with Crippen LogP contribution in [0.1, 0.15) is 16.7 Å². The summed E-state index contributed by atoms with van der Waals surface area (Å²) in [6.07, 6.45) is -3.68. The fourth-order valence-corrected chi connectivity index (χ4v) is 2.43. The van der Waals surface area contributed by atoms with Crippen LogP contribution < -0.4 is 11.5 Å². The van der Waals surface area contributed by atoms with Crippen LogP contribution >= 0.6 is 0 Å². The van der Waals surface area contributed by atoms with Gasteiger partial charge in [-0.2, -0.15) is 5.10 Å². The number of hydrogen-bond acceptors (Lipinski definition) is 9. The maximum atomic E-state index is 11.5. The van der Waals surface area contributed by atoms with E-state index in [0.29, 0.717) is 0 Å². The number of nitrogens with two attached hydrogens (primary N) is 2. The number of anilines is 1. The number of aromatic nitrogens is 4. The lowest BCUT2D eigenvalue weighted by Crippen LogP contribution is -2.33. The van der Waals surface area contributed by atoms with Crippen molar-refractivity contribution in [2.24, 2.45) is 5.73 Å². The number of fused-ring (bicyclic) bond motifs is 1. The van der Waals surface area contributed by atoms with E-state index in [9.17, 15) is 15.0 Å². The van der Waals surface area contributed by atoms with E-state index in [2.05, 4.69) is 15.1 Å². The van der Waals surface area contributed by atoms with Gasteiger partial charge in [-0.1, -0.05) is 0 Å². The van der Waals surface area contributed by atoms with Crippen LogP contribution in [0.3, 0.4) is 0 Å². The second kappa shape index (κ2) is 5.14. The lowest BCUT2D eigenvalue weighted by atomic mass is 10.1. The van der Waals surface area contributed by atoms with Crippen molar-refractivity contribution in [3.8, 4) is 0 Å². The summed E-state index contributed by atoms with van der Waals surface area (Å²) in [4.78, 5) is 19.2. The molecule has 0 spiro atoms. The number of nitrogens with zero attached hydrogens (tertiary/aromatic N) is 4. The molecule has 1 aliphatic rings. The molecule has 0 saturated carbocycles. The van der Waals surface area contributed by atoms with Gasteiger partial charge < -0.3 is 31.5 Å². The van der Waals surface area contributed by atoms with Crippen LogP contribution in [0.25, 0.3) is 11.0 Å². The van der Waals surface area contributed by atoms with E-state index >= 15 is 0 Å². The van der Waals surface area contributed by atoms with Crippen molar-refractivity contribution in [1.82, 2.24) is 19.7 Å². The van der Waals surface area contributed by atoms with Crippen molar-refractivity contribution in [1.29, 1.82) is 0 Å². The monoisotopic (exact) mass is 310 g/mol. The SMILES string of the molecule is NC(=O)c1nn(C2O[C@H](CO)[C@@H](O)[C@H]2O)c2ncnc(N)c12. The highest BCUT2D eigenvalue weighted by atomic mass is 16.6. The molecule has 0 aliphatic carbocycles. The van der Waals surface area contributed by atoms with E-state index in [-0.39, 0.29) is 22.5 Å². The lowest BCUT2D eigenvalue weighted by molar-refractivity contribution is -0.0567. The number of ether oxygens (including phenoxy) is 1. The molecule has 1 saturated heterocycles. The number of aliphatic hydroxyl groups excluding tert-OH is 3. The van der Waals surface area contributed by atoms with Gasteiger partial charge >= 0.3 is 0 Å². The van der Waals surface area contributed by atoms with E-state index in [0.717, 1.165) is 11.0 Å². The van der Waals surface area contributed by atoms with Gasteiger partial charge in [0, 0.05) is 0 Å². The van der Waals surface area contributed by atoms with Crippen LogP contribution in [-0.2, 0) is 4.74 Å². The van der Waals surface area contributed by atoms with Gasteiger partial charge in [-0.05, 0) is 0 Å². The lowest BCUT2D eigenvalue weighted by Gasteiger charge is -2.15. The van der Waals surface area contributed by atoms with E-state index in [1.807, 2.05) is 0 Å². The Kier molecular flexibility index (Phi) is 3.41. The normalized spacial score (nSPS) is 28.3. The highest BCUT2D eigenvalue weighted by molar-refractivity contribution is 6.06. The average molecular weight is 310 g/mol. The molecule has 1 fully saturated rings. The maximum absolute atomic E-state index is 11.5. The molecular weight excluding hydrogens is 296 g/mol. The largest absolute Gasteiger partial charge is 0.394 e. The van der Waals surface area contributed by atoms with Crippen LogP contribution in [0, 0.1) is 0 Å². The molecule has 22 heavy (non-hydrogen) atoms.